The van der Waals surface area contributed by atoms with Crippen molar-refractivity contribution in [3.63, 3.8) is 0 Å². The van der Waals surface area contributed by atoms with Crippen LogP contribution in [0.2, 0.25) is 5.02 Å². The minimum absolute atomic E-state index is 0.182. The van der Waals surface area contributed by atoms with Crippen LogP contribution in [0.1, 0.15) is 43.0 Å². The van der Waals surface area contributed by atoms with E-state index in [9.17, 15) is 9.59 Å². The summed E-state index contributed by atoms with van der Waals surface area (Å²) in [5.74, 6) is 0.156. The molecule has 0 saturated heterocycles. The van der Waals surface area contributed by atoms with E-state index in [4.69, 9.17) is 16.3 Å². The Labute approximate surface area is 219 Å². The number of ether oxygens (including phenoxy) is 1. The molecule has 3 rings (SSSR count). The van der Waals surface area contributed by atoms with Gasteiger partial charge in [0.05, 0.1) is 0 Å². The van der Waals surface area contributed by atoms with Crippen molar-refractivity contribution in [2.75, 3.05) is 6.61 Å². The third kappa shape index (κ3) is 8.13. The van der Waals surface area contributed by atoms with E-state index in [2.05, 4.69) is 5.32 Å². The molecule has 0 aliphatic carbocycles. The Morgan fingerprint density at radius 2 is 1.64 bits per heavy atom. The Morgan fingerprint density at radius 1 is 0.944 bits per heavy atom. The third-order valence-electron chi connectivity index (χ3n) is 5.69. The third-order valence-corrected chi connectivity index (χ3v) is 5.93. The second-order valence-corrected chi connectivity index (χ2v) is 10.6. The van der Waals surface area contributed by atoms with Gasteiger partial charge in [-0.15, -0.1) is 0 Å². The van der Waals surface area contributed by atoms with Crippen LogP contribution in [-0.2, 0) is 22.6 Å². The van der Waals surface area contributed by atoms with Crippen molar-refractivity contribution in [3.8, 4) is 5.75 Å². The lowest BCUT2D eigenvalue weighted by Crippen LogP contribution is -2.55. The van der Waals surface area contributed by atoms with Gasteiger partial charge in [0.25, 0.3) is 5.91 Å². The van der Waals surface area contributed by atoms with Crippen LogP contribution in [-0.4, -0.2) is 34.9 Å². The molecule has 0 aliphatic rings. The Morgan fingerprint density at radius 3 is 2.28 bits per heavy atom. The first-order chi connectivity index (χ1) is 17.0. The highest BCUT2D eigenvalue weighted by atomic mass is 35.5. The summed E-state index contributed by atoms with van der Waals surface area (Å²) >= 11 is 6.23. The minimum Gasteiger partial charge on any atom is -0.483 e. The maximum Gasteiger partial charge on any atom is 0.261 e. The summed E-state index contributed by atoms with van der Waals surface area (Å²) in [7, 11) is 0. The number of aryl methyl sites for hydroxylation is 2. The lowest BCUT2D eigenvalue weighted by molar-refractivity contribution is -0.143. The number of nitrogens with one attached hydrogen (secondary N) is 1. The fourth-order valence-corrected chi connectivity index (χ4v) is 4.24. The Bertz CT molecular complexity index is 1190. The Kier molecular flexibility index (Phi) is 9.16. The van der Waals surface area contributed by atoms with Gasteiger partial charge in [-0.1, -0.05) is 71.8 Å². The molecule has 0 aliphatic heterocycles. The predicted octanol–water partition coefficient (Wildman–Crippen LogP) is 5.89. The molecule has 190 valence electrons. The molecule has 36 heavy (non-hydrogen) atoms. The first-order valence-electron chi connectivity index (χ1n) is 12.1. The van der Waals surface area contributed by atoms with Crippen LogP contribution >= 0.6 is 11.6 Å². The van der Waals surface area contributed by atoms with Gasteiger partial charge in [0.15, 0.2) is 6.61 Å². The van der Waals surface area contributed by atoms with Crippen molar-refractivity contribution >= 4 is 23.4 Å². The molecule has 1 N–H and O–H groups in total. The van der Waals surface area contributed by atoms with Crippen LogP contribution in [0, 0.1) is 13.8 Å². The summed E-state index contributed by atoms with van der Waals surface area (Å²) in [4.78, 5) is 28.8. The topological polar surface area (TPSA) is 58.6 Å². The van der Waals surface area contributed by atoms with Crippen molar-refractivity contribution < 1.29 is 14.3 Å². The Balaban J connectivity index is 1.94. The molecule has 0 bridgehead atoms. The van der Waals surface area contributed by atoms with Gasteiger partial charge in [0.1, 0.15) is 11.8 Å². The zero-order valence-corrected chi connectivity index (χ0v) is 22.4. The van der Waals surface area contributed by atoms with Crippen LogP contribution in [0.3, 0.4) is 0 Å². The van der Waals surface area contributed by atoms with Crippen molar-refractivity contribution in [1.29, 1.82) is 0 Å². The molecule has 0 saturated carbocycles. The van der Waals surface area contributed by atoms with Gasteiger partial charge >= 0.3 is 0 Å². The summed E-state index contributed by atoms with van der Waals surface area (Å²) in [5, 5.41) is 3.64. The molecule has 3 aromatic carbocycles. The van der Waals surface area contributed by atoms with Crippen LogP contribution < -0.4 is 10.1 Å². The number of halogens is 1. The molecule has 0 radical (unpaired) electrons. The lowest BCUT2D eigenvalue weighted by atomic mass is 10.0. The summed E-state index contributed by atoms with van der Waals surface area (Å²) in [6, 6.07) is 22.2. The van der Waals surface area contributed by atoms with E-state index in [1.54, 1.807) is 11.0 Å². The molecule has 3 aromatic rings. The number of carbonyl (C=O) groups is 2. The number of hydrogen-bond donors (Lipinski definition) is 1. The fraction of sp³-hybridized carbons (Fsp3) is 0.333. The van der Waals surface area contributed by atoms with E-state index < -0.39 is 11.6 Å². The molecule has 0 spiro atoms. The molecule has 2 amide bonds. The Hall–Kier alpha value is -3.31. The first kappa shape index (κ1) is 27.3. The summed E-state index contributed by atoms with van der Waals surface area (Å²) in [6.07, 6.45) is 0.374. The zero-order chi connectivity index (χ0) is 26.3. The van der Waals surface area contributed by atoms with Crippen LogP contribution in [0.25, 0.3) is 0 Å². The van der Waals surface area contributed by atoms with Gasteiger partial charge in [-0.2, -0.15) is 0 Å². The molecule has 0 heterocycles. The number of amides is 2. The highest BCUT2D eigenvalue weighted by Crippen LogP contribution is 2.21. The van der Waals surface area contributed by atoms with E-state index in [1.807, 2.05) is 101 Å². The quantitative estimate of drug-likeness (QED) is 0.393. The molecule has 0 aromatic heterocycles. The number of carbonyl (C=O) groups excluding carboxylic acids is 2. The number of hydrogen-bond acceptors (Lipinski definition) is 3. The maximum atomic E-state index is 13.7. The lowest BCUT2D eigenvalue weighted by Gasteiger charge is -2.33. The monoisotopic (exact) mass is 506 g/mol. The fourth-order valence-electron chi connectivity index (χ4n) is 4.02. The summed E-state index contributed by atoms with van der Waals surface area (Å²) < 4.78 is 5.93. The average molecular weight is 507 g/mol. The summed E-state index contributed by atoms with van der Waals surface area (Å²) in [6.45, 7) is 9.79. The van der Waals surface area contributed by atoms with Crippen molar-refractivity contribution in [2.24, 2.45) is 0 Å². The van der Waals surface area contributed by atoms with Gasteiger partial charge in [0.2, 0.25) is 5.91 Å². The molecule has 1 atom stereocenters. The number of rotatable bonds is 9. The highest BCUT2D eigenvalue weighted by molar-refractivity contribution is 6.30. The zero-order valence-electron chi connectivity index (χ0n) is 21.7. The second-order valence-electron chi connectivity index (χ2n) is 10.2. The minimum atomic E-state index is -0.735. The second kappa shape index (κ2) is 12.1. The highest BCUT2D eigenvalue weighted by Gasteiger charge is 2.32. The standard InChI is InChI=1S/C30H35ClN2O3/c1-21-14-15-27(22(2)16-21)36-20-28(34)33(19-24-12-9-13-25(31)17-24)26(29(35)32-30(3,4)5)18-23-10-7-6-8-11-23/h6-17,26H,18-20H2,1-5H3,(H,32,35)/t26-/m0/s1. The van der Waals surface area contributed by atoms with Gasteiger partial charge in [0, 0.05) is 23.5 Å². The van der Waals surface area contributed by atoms with E-state index in [1.165, 1.54) is 0 Å². The van der Waals surface area contributed by atoms with Crippen LogP contribution in [0.5, 0.6) is 5.75 Å². The van der Waals surface area contributed by atoms with Gasteiger partial charge in [-0.3, -0.25) is 9.59 Å². The molecule has 0 fully saturated rings. The van der Waals surface area contributed by atoms with E-state index in [-0.39, 0.29) is 25.0 Å². The predicted molar refractivity (Wildman–Crippen MR) is 145 cm³/mol. The molecule has 6 heteroatoms. The molecular formula is C30H35ClN2O3. The normalized spacial score (nSPS) is 12.1. The maximum absolute atomic E-state index is 13.7. The molecule has 0 unspecified atom stereocenters. The SMILES string of the molecule is Cc1ccc(OCC(=O)N(Cc2cccc(Cl)c2)[C@@H](Cc2ccccc2)C(=O)NC(C)(C)C)c(C)c1. The smallest absolute Gasteiger partial charge is 0.261 e. The van der Waals surface area contributed by atoms with Crippen molar-refractivity contribution in [2.45, 2.75) is 59.2 Å². The number of benzene rings is 3. The van der Waals surface area contributed by atoms with Gasteiger partial charge < -0.3 is 15.0 Å². The van der Waals surface area contributed by atoms with E-state index in [0.717, 1.165) is 22.3 Å². The molecular weight excluding hydrogens is 472 g/mol. The largest absolute Gasteiger partial charge is 0.483 e. The van der Waals surface area contributed by atoms with E-state index >= 15 is 0 Å². The summed E-state index contributed by atoms with van der Waals surface area (Å²) in [5.41, 5.74) is 3.42. The van der Waals surface area contributed by atoms with E-state index in [0.29, 0.717) is 17.2 Å². The van der Waals surface area contributed by atoms with Gasteiger partial charge in [-0.25, -0.2) is 0 Å². The molecule has 5 nitrogen and oxygen atoms in total. The number of nitrogens with zero attached hydrogens (tertiary/aromatic N) is 1. The average Bonchev–Trinajstić information content (AvgIpc) is 2.80. The van der Waals surface area contributed by atoms with Crippen molar-refractivity contribution in [3.05, 3.63) is 100 Å². The van der Waals surface area contributed by atoms with Crippen LogP contribution in [0.15, 0.2) is 72.8 Å². The van der Waals surface area contributed by atoms with Crippen molar-refractivity contribution in [1.82, 2.24) is 10.2 Å². The van der Waals surface area contributed by atoms with Gasteiger partial charge in [-0.05, 0) is 69.5 Å². The first-order valence-corrected chi connectivity index (χ1v) is 12.5. The van der Waals surface area contributed by atoms with Crippen LogP contribution in [0.4, 0.5) is 0 Å².